The Labute approximate surface area is 90.2 Å². The van der Waals surface area contributed by atoms with Crippen molar-refractivity contribution in [2.45, 2.75) is 12.5 Å². The summed E-state index contributed by atoms with van der Waals surface area (Å²) in [6.07, 6.45) is 0.728. The van der Waals surface area contributed by atoms with Gasteiger partial charge in [-0.05, 0) is 12.1 Å². The lowest BCUT2D eigenvalue weighted by Gasteiger charge is -2.17. The molecule has 16 heavy (non-hydrogen) atoms. The summed E-state index contributed by atoms with van der Waals surface area (Å²) in [6, 6.07) is 1.36. The van der Waals surface area contributed by atoms with Crippen molar-refractivity contribution < 1.29 is 23.9 Å². The van der Waals surface area contributed by atoms with Gasteiger partial charge < -0.3 is 25.4 Å². The SMILES string of the molecule is NC(=O)C[C@@H](NC(=O)c1ccco1)C(=O)[O-]. The van der Waals surface area contributed by atoms with Crippen molar-refractivity contribution in [3.05, 3.63) is 24.2 Å². The van der Waals surface area contributed by atoms with Crippen LogP contribution in [0.25, 0.3) is 0 Å². The summed E-state index contributed by atoms with van der Waals surface area (Å²) in [7, 11) is 0. The summed E-state index contributed by atoms with van der Waals surface area (Å²) < 4.78 is 4.74. The Morgan fingerprint density at radius 2 is 2.19 bits per heavy atom. The molecule has 0 saturated heterocycles. The molecular formula is C9H9N2O5-. The van der Waals surface area contributed by atoms with Crippen molar-refractivity contribution in [1.82, 2.24) is 5.32 Å². The molecule has 2 amide bonds. The van der Waals surface area contributed by atoms with Crippen LogP contribution in [0.3, 0.4) is 0 Å². The Kier molecular flexibility index (Phi) is 3.65. The molecule has 0 fully saturated rings. The van der Waals surface area contributed by atoms with Crippen molar-refractivity contribution in [3.8, 4) is 0 Å². The molecule has 3 N–H and O–H groups in total. The number of carboxylic acids is 1. The maximum absolute atomic E-state index is 11.4. The molecule has 0 aliphatic heterocycles. The Balaban J connectivity index is 2.65. The lowest BCUT2D eigenvalue weighted by atomic mass is 10.2. The van der Waals surface area contributed by atoms with E-state index in [0.717, 1.165) is 0 Å². The number of hydrogen-bond acceptors (Lipinski definition) is 5. The molecule has 0 spiro atoms. The lowest BCUT2D eigenvalue weighted by molar-refractivity contribution is -0.308. The number of carbonyl (C=O) groups excluding carboxylic acids is 3. The average molecular weight is 225 g/mol. The number of carboxylic acid groups (broad SMARTS) is 1. The van der Waals surface area contributed by atoms with Crippen molar-refractivity contribution >= 4 is 17.8 Å². The third kappa shape index (κ3) is 3.12. The van der Waals surface area contributed by atoms with Gasteiger partial charge in [-0.25, -0.2) is 0 Å². The molecule has 0 aliphatic rings. The molecule has 1 rings (SSSR count). The monoisotopic (exact) mass is 225 g/mol. The van der Waals surface area contributed by atoms with Crippen molar-refractivity contribution in [1.29, 1.82) is 0 Å². The molecule has 1 aromatic rings. The molecule has 7 nitrogen and oxygen atoms in total. The van der Waals surface area contributed by atoms with Crippen LogP contribution in [-0.2, 0) is 9.59 Å². The van der Waals surface area contributed by atoms with Crippen LogP contribution < -0.4 is 16.2 Å². The highest BCUT2D eigenvalue weighted by atomic mass is 16.4. The van der Waals surface area contributed by atoms with Crippen molar-refractivity contribution in [2.75, 3.05) is 0 Å². The van der Waals surface area contributed by atoms with E-state index in [4.69, 9.17) is 10.2 Å². The van der Waals surface area contributed by atoms with E-state index in [-0.39, 0.29) is 5.76 Å². The summed E-state index contributed by atoms with van der Waals surface area (Å²) in [4.78, 5) is 32.5. The highest BCUT2D eigenvalue weighted by molar-refractivity contribution is 5.95. The molecule has 0 aromatic carbocycles. The lowest BCUT2D eigenvalue weighted by Crippen LogP contribution is -2.49. The Hall–Kier alpha value is -2.31. The van der Waals surface area contributed by atoms with Gasteiger partial charge in [0.15, 0.2) is 5.76 Å². The van der Waals surface area contributed by atoms with Gasteiger partial charge in [0, 0.05) is 0 Å². The molecule has 0 radical (unpaired) electrons. The fourth-order valence-corrected chi connectivity index (χ4v) is 1.03. The van der Waals surface area contributed by atoms with Crippen LogP contribution in [0.1, 0.15) is 17.0 Å². The van der Waals surface area contributed by atoms with E-state index in [1.165, 1.54) is 18.4 Å². The van der Waals surface area contributed by atoms with E-state index in [1.807, 2.05) is 0 Å². The summed E-state index contributed by atoms with van der Waals surface area (Å²) >= 11 is 0. The van der Waals surface area contributed by atoms with Crippen LogP contribution in [0.15, 0.2) is 22.8 Å². The minimum absolute atomic E-state index is 0.0595. The Morgan fingerprint density at radius 3 is 2.62 bits per heavy atom. The van der Waals surface area contributed by atoms with Gasteiger partial charge in [-0.3, -0.25) is 9.59 Å². The first-order valence-corrected chi connectivity index (χ1v) is 4.34. The molecule has 0 bridgehead atoms. The van der Waals surface area contributed by atoms with Crippen molar-refractivity contribution in [3.63, 3.8) is 0 Å². The quantitative estimate of drug-likeness (QED) is 0.599. The number of primary amides is 1. The topological polar surface area (TPSA) is 125 Å². The molecular weight excluding hydrogens is 216 g/mol. The smallest absolute Gasteiger partial charge is 0.287 e. The highest BCUT2D eigenvalue weighted by Crippen LogP contribution is 2.01. The number of aliphatic carboxylic acids is 1. The second-order valence-corrected chi connectivity index (χ2v) is 2.99. The first-order valence-electron chi connectivity index (χ1n) is 4.34. The van der Waals surface area contributed by atoms with Crippen molar-refractivity contribution in [2.24, 2.45) is 5.73 Å². The van der Waals surface area contributed by atoms with E-state index >= 15 is 0 Å². The van der Waals surface area contributed by atoms with Gasteiger partial charge in [0.1, 0.15) is 0 Å². The summed E-state index contributed by atoms with van der Waals surface area (Å²) in [5.41, 5.74) is 4.82. The second-order valence-electron chi connectivity index (χ2n) is 2.99. The van der Waals surface area contributed by atoms with Gasteiger partial charge >= 0.3 is 0 Å². The summed E-state index contributed by atoms with van der Waals surface area (Å²) in [5, 5.41) is 12.6. The molecule has 86 valence electrons. The molecule has 0 unspecified atom stereocenters. The largest absolute Gasteiger partial charge is 0.548 e. The Morgan fingerprint density at radius 1 is 1.50 bits per heavy atom. The normalized spacial score (nSPS) is 11.8. The van der Waals surface area contributed by atoms with Gasteiger partial charge in [-0.1, -0.05) is 0 Å². The van der Waals surface area contributed by atoms with Gasteiger partial charge in [-0.15, -0.1) is 0 Å². The maximum Gasteiger partial charge on any atom is 0.287 e. The molecule has 0 aliphatic carbocycles. The number of rotatable bonds is 5. The number of nitrogens with two attached hydrogens (primary N) is 1. The van der Waals surface area contributed by atoms with E-state index < -0.39 is 30.2 Å². The summed E-state index contributed by atoms with van der Waals surface area (Å²) in [5.74, 6) is -3.25. The predicted octanol–water partition coefficient (Wildman–Crippen LogP) is -2.00. The van der Waals surface area contributed by atoms with Crippen LogP contribution in [0, 0.1) is 0 Å². The molecule has 1 atom stereocenters. The van der Waals surface area contributed by atoms with Gasteiger partial charge in [0.2, 0.25) is 5.91 Å². The summed E-state index contributed by atoms with van der Waals surface area (Å²) in [6.45, 7) is 0. The van der Waals surface area contributed by atoms with Crippen LogP contribution >= 0.6 is 0 Å². The highest BCUT2D eigenvalue weighted by Gasteiger charge is 2.18. The second kappa shape index (κ2) is 4.96. The first-order chi connectivity index (χ1) is 7.50. The zero-order valence-electron chi connectivity index (χ0n) is 8.14. The number of nitrogens with one attached hydrogen (secondary N) is 1. The van der Waals surface area contributed by atoms with Crippen LogP contribution in [0.4, 0.5) is 0 Å². The van der Waals surface area contributed by atoms with Crippen LogP contribution in [-0.4, -0.2) is 23.8 Å². The van der Waals surface area contributed by atoms with E-state index in [9.17, 15) is 19.5 Å². The van der Waals surface area contributed by atoms with Crippen LogP contribution in [0.5, 0.6) is 0 Å². The number of amides is 2. The number of hydrogen-bond donors (Lipinski definition) is 2. The predicted molar refractivity (Wildman–Crippen MR) is 48.8 cm³/mol. The number of furan rings is 1. The zero-order valence-corrected chi connectivity index (χ0v) is 8.14. The van der Waals surface area contributed by atoms with Crippen LogP contribution in [0.2, 0.25) is 0 Å². The standard InChI is InChI=1S/C9H10N2O5/c10-7(12)4-5(9(14)15)11-8(13)6-2-1-3-16-6/h1-3,5H,4H2,(H2,10,12)(H,11,13)(H,14,15)/p-1/t5-/m1/s1. The van der Waals surface area contributed by atoms with Gasteiger partial charge in [0.25, 0.3) is 5.91 Å². The first kappa shape index (κ1) is 11.8. The fourth-order valence-electron chi connectivity index (χ4n) is 1.03. The third-order valence-corrected chi connectivity index (χ3v) is 1.74. The average Bonchev–Trinajstić information content (AvgIpc) is 2.68. The molecule has 1 heterocycles. The van der Waals surface area contributed by atoms with Gasteiger partial charge in [-0.2, -0.15) is 0 Å². The third-order valence-electron chi connectivity index (χ3n) is 1.74. The molecule has 7 heteroatoms. The Bertz CT molecular complexity index is 398. The fraction of sp³-hybridized carbons (Fsp3) is 0.222. The minimum atomic E-state index is -1.58. The van der Waals surface area contributed by atoms with E-state index in [0.29, 0.717) is 0 Å². The van der Waals surface area contributed by atoms with E-state index in [2.05, 4.69) is 5.32 Å². The van der Waals surface area contributed by atoms with E-state index in [1.54, 1.807) is 0 Å². The molecule has 1 aromatic heterocycles. The van der Waals surface area contributed by atoms with Gasteiger partial charge in [0.05, 0.1) is 24.7 Å². The number of carbonyl (C=O) groups is 3. The molecule has 0 saturated carbocycles. The minimum Gasteiger partial charge on any atom is -0.548 e. The zero-order chi connectivity index (χ0) is 12.1. The maximum atomic E-state index is 11.4.